The molecule has 0 radical (unpaired) electrons. The smallest absolute Gasteiger partial charge is 0.146 e. The third-order valence-electron chi connectivity index (χ3n) is 4.09. The van der Waals surface area contributed by atoms with Gasteiger partial charge in [-0.2, -0.15) is 0 Å². The summed E-state index contributed by atoms with van der Waals surface area (Å²) in [6.07, 6.45) is 6.23. The van der Waals surface area contributed by atoms with Crippen LogP contribution in [0.1, 0.15) is 51.5 Å². The van der Waals surface area contributed by atoms with Gasteiger partial charge in [-0.05, 0) is 43.0 Å². The fourth-order valence-electron chi connectivity index (χ4n) is 2.91. The van der Waals surface area contributed by atoms with Crippen LogP contribution in [0.4, 0.5) is 10.1 Å². The van der Waals surface area contributed by atoms with Crippen molar-refractivity contribution in [2.24, 2.45) is 5.92 Å². The molecule has 1 aromatic rings. The Morgan fingerprint density at radius 1 is 1.10 bits per heavy atom. The van der Waals surface area contributed by atoms with Gasteiger partial charge in [0.15, 0.2) is 0 Å². The lowest BCUT2D eigenvalue weighted by molar-refractivity contribution is 0.540. The monoisotopic (exact) mass is 292 g/mol. The predicted molar refractivity (Wildman–Crippen MR) is 88.2 cm³/mol. The number of nitrogens with one attached hydrogen (secondary N) is 1. The van der Waals surface area contributed by atoms with Crippen molar-refractivity contribution in [3.63, 3.8) is 0 Å². The zero-order valence-electron chi connectivity index (χ0n) is 13.5. The van der Waals surface area contributed by atoms with Gasteiger partial charge in [-0.3, -0.25) is 0 Å². The molecule has 0 atom stereocenters. The maximum absolute atomic E-state index is 14.4. The van der Waals surface area contributed by atoms with Gasteiger partial charge < -0.3 is 10.2 Å². The Hall–Kier alpha value is -1.09. The molecule has 0 aliphatic carbocycles. The number of hydrogen-bond donors (Lipinski definition) is 1. The first-order chi connectivity index (χ1) is 10.2. The molecule has 1 N–H and O–H groups in total. The fraction of sp³-hybridized carbons (Fsp3) is 0.667. The van der Waals surface area contributed by atoms with Gasteiger partial charge in [-0.25, -0.2) is 4.39 Å². The van der Waals surface area contributed by atoms with E-state index in [0.717, 1.165) is 37.4 Å². The van der Waals surface area contributed by atoms with Crippen molar-refractivity contribution < 1.29 is 4.39 Å². The summed E-state index contributed by atoms with van der Waals surface area (Å²) in [5.74, 6) is 0.551. The summed E-state index contributed by atoms with van der Waals surface area (Å²) >= 11 is 0. The van der Waals surface area contributed by atoms with Gasteiger partial charge in [-0.1, -0.05) is 39.2 Å². The predicted octanol–water partition coefficient (Wildman–Crippen LogP) is 4.34. The van der Waals surface area contributed by atoms with Crippen molar-refractivity contribution in [2.45, 2.75) is 52.5 Å². The maximum atomic E-state index is 14.4. The van der Waals surface area contributed by atoms with Crippen molar-refractivity contribution in [2.75, 3.05) is 24.5 Å². The summed E-state index contributed by atoms with van der Waals surface area (Å²) in [5, 5.41) is 3.37. The van der Waals surface area contributed by atoms with E-state index in [0.29, 0.717) is 5.92 Å². The van der Waals surface area contributed by atoms with Crippen molar-refractivity contribution in [3.8, 4) is 0 Å². The Kier molecular flexibility index (Phi) is 6.50. The van der Waals surface area contributed by atoms with E-state index in [9.17, 15) is 4.39 Å². The number of hydrogen-bond acceptors (Lipinski definition) is 2. The van der Waals surface area contributed by atoms with Gasteiger partial charge in [0.05, 0.1) is 5.69 Å². The lowest BCUT2D eigenvalue weighted by Crippen LogP contribution is -2.28. The summed E-state index contributed by atoms with van der Waals surface area (Å²) in [6.45, 7) is 8.05. The highest BCUT2D eigenvalue weighted by atomic mass is 19.1. The topological polar surface area (TPSA) is 15.3 Å². The van der Waals surface area contributed by atoms with Crippen LogP contribution in [0.3, 0.4) is 0 Å². The highest BCUT2D eigenvalue weighted by Crippen LogP contribution is 2.23. The zero-order valence-corrected chi connectivity index (χ0v) is 13.5. The first kappa shape index (κ1) is 16.3. The first-order valence-electron chi connectivity index (χ1n) is 8.41. The van der Waals surface area contributed by atoms with Gasteiger partial charge in [0, 0.05) is 19.6 Å². The van der Waals surface area contributed by atoms with E-state index < -0.39 is 0 Å². The van der Waals surface area contributed by atoms with Crippen molar-refractivity contribution in [3.05, 3.63) is 29.6 Å². The Morgan fingerprint density at radius 3 is 2.38 bits per heavy atom. The molecular formula is C18H29FN2. The normalized spacial score (nSPS) is 16.9. The van der Waals surface area contributed by atoms with Gasteiger partial charge >= 0.3 is 0 Å². The third kappa shape index (κ3) is 5.31. The van der Waals surface area contributed by atoms with Crippen LogP contribution in [-0.4, -0.2) is 19.6 Å². The van der Waals surface area contributed by atoms with E-state index in [1.807, 2.05) is 6.07 Å². The maximum Gasteiger partial charge on any atom is 0.146 e. The lowest BCUT2D eigenvalue weighted by atomic mass is 10.1. The van der Waals surface area contributed by atoms with E-state index in [2.05, 4.69) is 30.1 Å². The van der Waals surface area contributed by atoms with E-state index in [1.54, 1.807) is 6.07 Å². The Morgan fingerprint density at radius 2 is 1.76 bits per heavy atom. The number of halogens is 1. The fourth-order valence-corrected chi connectivity index (χ4v) is 2.91. The second-order valence-corrected chi connectivity index (χ2v) is 6.57. The molecule has 3 heteroatoms. The number of benzene rings is 1. The molecule has 1 fully saturated rings. The summed E-state index contributed by atoms with van der Waals surface area (Å²) in [4.78, 5) is 2.22. The molecule has 0 unspecified atom stereocenters. The third-order valence-corrected chi connectivity index (χ3v) is 4.09. The standard InChI is InChI=1S/C18H29FN2/c1-15(2)13-20-14-16-8-9-18(17(19)12-16)21-10-6-4-3-5-7-11-21/h8-9,12,15,20H,3-7,10-11,13-14H2,1-2H3. The lowest BCUT2D eigenvalue weighted by Gasteiger charge is -2.27. The number of nitrogens with zero attached hydrogens (tertiary/aromatic N) is 1. The molecule has 0 saturated carbocycles. The Bertz CT molecular complexity index is 423. The molecule has 0 bridgehead atoms. The number of anilines is 1. The molecule has 21 heavy (non-hydrogen) atoms. The molecule has 1 aliphatic heterocycles. The van der Waals surface area contributed by atoms with E-state index in [1.165, 1.54) is 32.1 Å². The molecule has 0 aromatic heterocycles. The van der Waals surface area contributed by atoms with Gasteiger partial charge in [0.25, 0.3) is 0 Å². The summed E-state index contributed by atoms with van der Waals surface area (Å²) in [6, 6.07) is 5.72. The van der Waals surface area contributed by atoms with Gasteiger partial charge in [0.2, 0.25) is 0 Å². The highest BCUT2D eigenvalue weighted by molar-refractivity contribution is 5.49. The molecule has 2 rings (SSSR count). The average Bonchev–Trinajstić information content (AvgIpc) is 2.39. The summed E-state index contributed by atoms with van der Waals surface area (Å²) in [5.41, 5.74) is 1.81. The summed E-state index contributed by atoms with van der Waals surface area (Å²) in [7, 11) is 0. The van der Waals surface area contributed by atoms with Crippen LogP contribution in [0.25, 0.3) is 0 Å². The Labute approximate surface area is 128 Å². The van der Waals surface area contributed by atoms with E-state index >= 15 is 0 Å². The molecule has 118 valence electrons. The van der Waals surface area contributed by atoms with Crippen molar-refractivity contribution in [1.29, 1.82) is 0 Å². The second-order valence-electron chi connectivity index (χ2n) is 6.57. The average molecular weight is 292 g/mol. The quantitative estimate of drug-likeness (QED) is 0.868. The highest BCUT2D eigenvalue weighted by Gasteiger charge is 2.13. The van der Waals surface area contributed by atoms with Gasteiger partial charge in [-0.15, -0.1) is 0 Å². The largest absolute Gasteiger partial charge is 0.369 e. The van der Waals surface area contributed by atoms with Crippen LogP contribution < -0.4 is 10.2 Å². The minimum Gasteiger partial charge on any atom is -0.369 e. The van der Waals surface area contributed by atoms with E-state index in [4.69, 9.17) is 0 Å². The molecule has 0 amide bonds. The second kappa shape index (κ2) is 8.38. The van der Waals surface area contributed by atoms with Crippen LogP contribution >= 0.6 is 0 Å². The minimum atomic E-state index is -0.0700. The van der Waals surface area contributed by atoms with E-state index in [-0.39, 0.29) is 5.82 Å². The molecule has 0 spiro atoms. The SMILES string of the molecule is CC(C)CNCc1ccc(N2CCCCCCC2)c(F)c1. The summed E-state index contributed by atoms with van der Waals surface area (Å²) < 4.78 is 14.4. The van der Waals surface area contributed by atoms with Crippen LogP contribution in [0.15, 0.2) is 18.2 Å². The minimum absolute atomic E-state index is 0.0700. The van der Waals surface area contributed by atoms with Crippen LogP contribution in [0.5, 0.6) is 0 Å². The van der Waals surface area contributed by atoms with Crippen LogP contribution in [0, 0.1) is 11.7 Å². The van der Waals surface area contributed by atoms with Gasteiger partial charge in [0.1, 0.15) is 5.82 Å². The zero-order chi connectivity index (χ0) is 15.1. The molecule has 1 saturated heterocycles. The number of rotatable bonds is 5. The van der Waals surface area contributed by atoms with Crippen LogP contribution in [0.2, 0.25) is 0 Å². The molecule has 1 heterocycles. The van der Waals surface area contributed by atoms with Crippen molar-refractivity contribution in [1.82, 2.24) is 5.32 Å². The van der Waals surface area contributed by atoms with Crippen LogP contribution in [-0.2, 0) is 6.54 Å². The molecule has 2 nitrogen and oxygen atoms in total. The first-order valence-corrected chi connectivity index (χ1v) is 8.41. The molecule has 1 aromatic carbocycles. The Balaban J connectivity index is 1.97. The van der Waals surface area contributed by atoms with Crippen molar-refractivity contribution >= 4 is 5.69 Å². The molecule has 1 aliphatic rings. The molecular weight excluding hydrogens is 263 g/mol.